The third-order valence-electron chi connectivity index (χ3n) is 3.64. The number of hydrogen-bond acceptors (Lipinski definition) is 4. The summed E-state index contributed by atoms with van der Waals surface area (Å²) in [4.78, 5) is 37.3. The molecule has 1 N–H and O–H groups in total. The van der Waals surface area contributed by atoms with Gasteiger partial charge in [0, 0.05) is 0 Å². The van der Waals surface area contributed by atoms with E-state index in [2.05, 4.69) is 5.32 Å². The van der Waals surface area contributed by atoms with Crippen molar-refractivity contribution in [2.45, 2.75) is 18.9 Å². The van der Waals surface area contributed by atoms with Crippen molar-refractivity contribution in [3.63, 3.8) is 0 Å². The highest BCUT2D eigenvalue weighted by molar-refractivity contribution is 6.22. The zero-order chi connectivity index (χ0) is 13.4. The zero-order valence-corrected chi connectivity index (χ0v) is 10.4. The number of ketones is 1. The summed E-state index contributed by atoms with van der Waals surface area (Å²) < 4.78 is 0. The van der Waals surface area contributed by atoms with E-state index in [1.165, 1.54) is 0 Å². The van der Waals surface area contributed by atoms with Crippen LogP contribution in [0.3, 0.4) is 0 Å². The first-order chi connectivity index (χ1) is 9.18. The van der Waals surface area contributed by atoms with Crippen LogP contribution < -0.4 is 5.32 Å². The van der Waals surface area contributed by atoms with Crippen LogP contribution in [0.4, 0.5) is 0 Å². The normalized spacial score (nSPS) is 21.9. The van der Waals surface area contributed by atoms with Crippen molar-refractivity contribution in [3.05, 3.63) is 35.4 Å². The molecule has 2 amide bonds. The minimum atomic E-state index is -0.369. The Labute approximate surface area is 110 Å². The van der Waals surface area contributed by atoms with Crippen molar-refractivity contribution >= 4 is 17.6 Å². The smallest absolute Gasteiger partial charge is 0.261 e. The van der Waals surface area contributed by atoms with Gasteiger partial charge in [-0.25, -0.2) is 0 Å². The Hall–Kier alpha value is -2.01. The zero-order valence-electron chi connectivity index (χ0n) is 10.4. The van der Waals surface area contributed by atoms with Gasteiger partial charge in [-0.1, -0.05) is 12.1 Å². The molecule has 3 rings (SSSR count). The monoisotopic (exact) mass is 258 g/mol. The molecule has 1 saturated heterocycles. The van der Waals surface area contributed by atoms with Crippen LogP contribution in [-0.4, -0.2) is 41.6 Å². The van der Waals surface area contributed by atoms with Gasteiger partial charge in [-0.3, -0.25) is 19.3 Å². The van der Waals surface area contributed by atoms with Crippen molar-refractivity contribution in [2.75, 3.05) is 13.1 Å². The molecule has 2 aliphatic heterocycles. The first-order valence-electron chi connectivity index (χ1n) is 6.40. The van der Waals surface area contributed by atoms with Crippen LogP contribution in [-0.2, 0) is 4.79 Å². The predicted octanol–water partition coefficient (Wildman–Crippen LogP) is 0.604. The molecule has 1 aromatic rings. The van der Waals surface area contributed by atoms with Gasteiger partial charge in [0.15, 0.2) is 5.78 Å². The molecule has 5 heteroatoms. The number of Topliss-reactive ketones (excluding diaryl/α,β-unsaturated/α-hetero) is 1. The third-order valence-corrected chi connectivity index (χ3v) is 3.64. The minimum Gasteiger partial charge on any atom is -0.307 e. The summed E-state index contributed by atoms with van der Waals surface area (Å²) in [5.74, 6) is -0.828. The van der Waals surface area contributed by atoms with E-state index in [1.54, 1.807) is 24.3 Å². The van der Waals surface area contributed by atoms with Crippen molar-refractivity contribution in [1.82, 2.24) is 10.2 Å². The number of nitrogens with one attached hydrogen (secondary N) is 1. The summed E-state index contributed by atoms with van der Waals surface area (Å²) in [5, 5.41) is 3.08. The highest BCUT2D eigenvalue weighted by Crippen LogP contribution is 2.22. The van der Waals surface area contributed by atoms with Crippen molar-refractivity contribution < 1.29 is 14.4 Å². The maximum atomic E-state index is 12.1. The molecule has 19 heavy (non-hydrogen) atoms. The largest absolute Gasteiger partial charge is 0.307 e. The molecule has 0 radical (unpaired) electrons. The molecule has 0 aliphatic carbocycles. The van der Waals surface area contributed by atoms with Crippen LogP contribution in [0.1, 0.15) is 33.6 Å². The molecule has 1 fully saturated rings. The fourth-order valence-corrected chi connectivity index (χ4v) is 2.61. The Kier molecular flexibility index (Phi) is 2.91. The van der Waals surface area contributed by atoms with Gasteiger partial charge in [0.2, 0.25) is 0 Å². The summed E-state index contributed by atoms with van der Waals surface area (Å²) in [6.45, 7) is 0.683. The molecule has 0 aromatic heterocycles. The van der Waals surface area contributed by atoms with E-state index in [9.17, 15) is 14.4 Å². The molecule has 2 heterocycles. The number of imide groups is 1. The molecular formula is C14H14N2O3. The topological polar surface area (TPSA) is 66.5 Å². The first kappa shape index (κ1) is 12.0. The lowest BCUT2D eigenvalue weighted by molar-refractivity contribution is -0.121. The lowest BCUT2D eigenvalue weighted by Gasteiger charge is -2.15. The number of hydrogen-bond donors (Lipinski definition) is 1. The summed E-state index contributed by atoms with van der Waals surface area (Å²) in [7, 11) is 0. The highest BCUT2D eigenvalue weighted by Gasteiger charge is 2.37. The Morgan fingerprint density at radius 2 is 1.84 bits per heavy atom. The van der Waals surface area contributed by atoms with Gasteiger partial charge in [-0.2, -0.15) is 0 Å². The van der Waals surface area contributed by atoms with Crippen molar-refractivity contribution in [1.29, 1.82) is 0 Å². The van der Waals surface area contributed by atoms with Crippen LogP contribution in [0, 0.1) is 0 Å². The number of benzene rings is 1. The number of rotatable bonds is 3. The molecule has 98 valence electrons. The summed E-state index contributed by atoms with van der Waals surface area (Å²) >= 11 is 0. The van der Waals surface area contributed by atoms with E-state index in [0.29, 0.717) is 11.1 Å². The molecule has 5 nitrogen and oxygen atoms in total. The third kappa shape index (κ3) is 1.96. The van der Waals surface area contributed by atoms with Gasteiger partial charge >= 0.3 is 0 Å². The number of carbonyl (C=O) groups is 3. The molecule has 1 atom stereocenters. The fraction of sp³-hybridized carbons (Fsp3) is 0.357. The summed E-state index contributed by atoms with van der Waals surface area (Å²) in [5.41, 5.74) is 0.777. The molecule has 2 aliphatic rings. The average molecular weight is 258 g/mol. The minimum absolute atomic E-state index is 0.0907. The maximum Gasteiger partial charge on any atom is 0.261 e. The van der Waals surface area contributed by atoms with E-state index < -0.39 is 0 Å². The van der Waals surface area contributed by atoms with Crippen molar-refractivity contribution in [2.24, 2.45) is 0 Å². The Balaban J connectivity index is 1.78. The van der Waals surface area contributed by atoms with Crippen LogP contribution in [0.15, 0.2) is 24.3 Å². The Morgan fingerprint density at radius 3 is 2.37 bits per heavy atom. The van der Waals surface area contributed by atoms with E-state index in [0.717, 1.165) is 24.3 Å². The molecule has 0 spiro atoms. The van der Waals surface area contributed by atoms with Crippen LogP contribution in [0.5, 0.6) is 0 Å². The van der Waals surface area contributed by atoms with E-state index in [4.69, 9.17) is 0 Å². The van der Waals surface area contributed by atoms with Gasteiger partial charge in [0.05, 0.1) is 23.7 Å². The SMILES string of the molecule is O=C(CN1C(=O)c2ccccc2C1=O)C1CCCN1. The van der Waals surface area contributed by atoms with Gasteiger partial charge in [0.25, 0.3) is 11.8 Å². The fourth-order valence-electron chi connectivity index (χ4n) is 2.61. The number of carbonyl (C=O) groups excluding carboxylic acids is 3. The lowest BCUT2D eigenvalue weighted by atomic mass is 10.1. The molecule has 1 unspecified atom stereocenters. The van der Waals surface area contributed by atoms with E-state index in [-0.39, 0.29) is 30.2 Å². The van der Waals surface area contributed by atoms with Gasteiger partial charge in [-0.15, -0.1) is 0 Å². The lowest BCUT2D eigenvalue weighted by Crippen LogP contribution is -2.42. The molecule has 1 aromatic carbocycles. The van der Waals surface area contributed by atoms with Crippen molar-refractivity contribution in [3.8, 4) is 0 Å². The van der Waals surface area contributed by atoms with Gasteiger partial charge in [0.1, 0.15) is 0 Å². The van der Waals surface area contributed by atoms with Gasteiger partial charge in [-0.05, 0) is 31.5 Å². The Bertz CT molecular complexity index is 527. The summed E-state index contributed by atoms with van der Waals surface area (Å²) in [6, 6.07) is 6.45. The predicted molar refractivity (Wildman–Crippen MR) is 67.8 cm³/mol. The second-order valence-electron chi connectivity index (χ2n) is 4.86. The van der Waals surface area contributed by atoms with Crippen LogP contribution in [0.25, 0.3) is 0 Å². The second-order valence-corrected chi connectivity index (χ2v) is 4.86. The average Bonchev–Trinajstić information content (AvgIpc) is 3.03. The number of nitrogens with zero attached hydrogens (tertiary/aromatic N) is 1. The molecule has 0 bridgehead atoms. The summed E-state index contributed by atoms with van der Waals surface area (Å²) in [6.07, 6.45) is 1.74. The number of amides is 2. The first-order valence-corrected chi connectivity index (χ1v) is 6.40. The maximum absolute atomic E-state index is 12.1. The number of fused-ring (bicyclic) bond motifs is 1. The molecule has 0 saturated carbocycles. The van der Waals surface area contributed by atoms with E-state index >= 15 is 0 Å². The van der Waals surface area contributed by atoms with Crippen LogP contribution >= 0.6 is 0 Å². The Morgan fingerprint density at radius 1 is 1.21 bits per heavy atom. The highest BCUT2D eigenvalue weighted by atomic mass is 16.2. The van der Waals surface area contributed by atoms with Gasteiger partial charge < -0.3 is 5.32 Å². The van der Waals surface area contributed by atoms with E-state index in [1.807, 2.05) is 0 Å². The quantitative estimate of drug-likeness (QED) is 0.806. The molecular weight excluding hydrogens is 244 g/mol. The van der Waals surface area contributed by atoms with Crippen LogP contribution in [0.2, 0.25) is 0 Å². The standard InChI is InChI=1S/C14H14N2O3/c17-12(11-6-3-7-15-11)8-16-13(18)9-4-1-2-5-10(9)14(16)19/h1-2,4-5,11,15H,3,6-8H2. The second kappa shape index (κ2) is 4.59.